The average Bonchev–Trinajstić information content (AvgIpc) is 3.20. The summed E-state index contributed by atoms with van der Waals surface area (Å²) in [6.07, 6.45) is 47.7. The quantitative estimate of drug-likeness (QED) is 0.0195. The Morgan fingerprint density at radius 3 is 1.35 bits per heavy atom. The molecule has 0 aliphatic carbocycles. The summed E-state index contributed by atoms with van der Waals surface area (Å²) in [6.45, 7) is 4.24. The second-order valence-electron chi connectivity index (χ2n) is 18.2. The van der Waals surface area contributed by atoms with Crippen molar-refractivity contribution in [2.75, 3.05) is 47.5 Å². The van der Waals surface area contributed by atoms with Crippen LogP contribution in [0.25, 0.3) is 0 Å². The lowest BCUT2D eigenvalue weighted by atomic mass is 10.0. The number of phosphoric ester groups is 1. The first-order valence-corrected chi connectivity index (χ1v) is 26.5. The van der Waals surface area contributed by atoms with Crippen LogP contribution in [0, 0.1) is 0 Å². The van der Waals surface area contributed by atoms with Crippen LogP contribution >= 0.6 is 7.82 Å². The molecule has 10 heteroatoms. The van der Waals surface area contributed by atoms with Crippen LogP contribution < -0.4 is 4.89 Å². The first-order valence-electron chi connectivity index (χ1n) is 25.0. The average molecular weight is 870 g/mol. The van der Waals surface area contributed by atoms with Gasteiger partial charge in [-0.25, -0.2) is 0 Å². The van der Waals surface area contributed by atoms with E-state index in [9.17, 15) is 19.0 Å². The SMILES string of the molecule is CCCCC/C=C/C/C=C/CCCCCCCCCCCC(=O)O[C@H](COC(=O)CCCCCCCCCCCCCCCCCCC)COP(=O)([O-])OCC[N+](C)(C)C. The van der Waals surface area contributed by atoms with Crippen LogP contribution in [0.3, 0.4) is 0 Å². The van der Waals surface area contributed by atoms with E-state index in [1.807, 2.05) is 21.1 Å². The Kier molecular flexibility index (Phi) is 41.7. The molecule has 354 valence electrons. The van der Waals surface area contributed by atoms with Crippen molar-refractivity contribution in [3.05, 3.63) is 24.3 Å². The molecule has 0 saturated carbocycles. The molecular weight excluding hydrogens is 774 g/mol. The van der Waals surface area contributed by atoms with Crippen LogP contribution in [0.4, 0.5) is 0 Å². The van der Waals surface area contributed by atoms with E-state index in [1.165, 1.54) is 148 Å². The van der Waals surface area contributed by atoms with Crippen molar-refractivity contribution in [2.45, 2.75) is 238 Å². The summed E-state index contributed by atoms with van der Waals surface area (Å²) in [5.41, 5.74) is 0. The standard InChI is InChI=1S/C50H96NO8P/c1-6-8-10-12-14-16-18-20-22-24-25-27-29-31-33-35-37-39-41-43-50(53)59-48(47-58-60(54,55)57-45-44-51(3,4)5)46-56-49(52)42-40-38-36-34-32-30-28-26-23-21-19-17-15-13-11-9-7-2/h14,16,20,22,48H,6-13,15,17-19,21,23-47H2,1-5H3/b16-14+,22-20+/t48-/m1/s1. The molecule has 1 unspecified atom stereocenters. The molecule has 9 nitrogen and oxygen atoms in total. The van der Waals surface area contributed by atoms with Gasteiger partial charge in [-0.3, -0.25) is 14.2 Å². The van der Waals surface area contributed by atoms with Gasteiger partial charge in [0.2, 0.25) is 0 Å². The molecule has 0 spiro atoms. The summed E-state index contributed by atoms with van der Waals surface area (Å²) in [7, 11) is 1.17. The number of allylic oxidation sites excluding steroid dienone is 4. The Morgan fingerprint density at radius 2 is 0.900 bits per heavy atom. The van der Waals surface area contributed by atoms with Crippen molar-refractivity contribution in [2.24, 2.45) is 0 Å². The Balaban J connectivity index is 4.25. The summed E-state index contributed by atoms with van der Waals surface area (Å²) < 4.78 is 34.0. The number of unbranched alkanes of at least 4 members (excludes halogenated alkanes) is 28. The van der Waals surface area contributed by atoms with Gasteiger partial charge in [-0.05, 0) is 44.9 Å². The van der Waals surface area contributed by atoms with E-state index in [-0.39, 0.29) is 32.0 Å². The minimum atomic E-state index is -4.63. The van der Waals surface area contributed by atoms with Gasteiger partial charge in [0, 0.05) is 12.8 Å². The molecule has 0 saturated heterocycles. The van der Waals surface area contributed by atoms with Crippen molar-refractivity contribution < 1.29 is 42.1 Å². The van der Waals surface area contributed by atoms with Crippen LogP contribution in [0.5, 0.6) is 0 Å². The fraction of sp³-hybridized carbons (Fsp3) is 0.880. The second-order valence-corrected chi connectivity index (χ2v) is 19.6. The van der Waals surface area contributed by atoms with E-state index in [2.05, 4.69) is 38.2 Å². The zero-order chi connectivity index (χ0) is 44.3. The molecule has 0 aromatic heterocycles. The van der Waals surface area contributed by atoms with E-state index in [0.29, 0.717) is 17.4 Å². The number of esters is 2. The lowest BCUT2D eigenvalue weighted by Crippen LogP contribution is -2.37. The summed E-state index contributed by atoms with van der Waals surface area (Å²) in [5, 5.41) is 0. The van der Waals surface area contributed by atoms with Gasteiger partial charge in [0.05, 0.1) is 27.7 Å². The fourth-order valence-corrected chi connectivity index (χ4v) is 7.77. The summed E-state index contributed by atoms with van der Waals surface area (Å²) in [6, 6.07) is 0. The Labute approximate surface area is 370 Å². The van der Waals surface area contributed by atoms with Crippen LogP contribution in [-0.2, 0) is 32.7 Å². The molecule has 0 heterocycles. The Bertz CT molecular complexity index is 1070. The minimum absolute atomic E-state index is 0.0295. The topological polar surface area (TPSA) is 111 Å². The highest BCUT2D eigenvalue weighted by molar-refractivity contribution is 7.45. The summed E-state index contributed by atoms with van der Waals surface area (Å²) in [4.78, 5) is 37.7. The third-order valence-electron chi connectivity index (χ3n) is 11.0. The van der Waals surface area contributed by atoms with Gasteiger partial charge < -0.3 is 27.9 Å². The Morgan fingerprint density at radius 1 is 0.517 bits per heavy atom. The van der Waals surface area contributed by atoms with E-state index < -0.39 is 26.5 Å². The molecule has 0 rings (SSSR count). The first-order chi connectivity index (χ1) is 29.0. The molecule has 0 aliphatic heterocycles. The molecular formula is C50H96NO8P. The molecule has 0 bridgehead atoms. The number of carbonyl (C=O) groups is 2. The van der Waals surface area contributed by atoms with Crippen LogP contribution in [-0.4, -0.2) is 70.0 Å². The number of carbonyl (C=O) groups excluding carboxylic acids is 2. The van der Waals surface area contributed by atoms with Crippen molar-refractivity contribution >= 4 is 19.8 Å². The number of quaternary nitrogens is 1. The van der Waals surface area contributed by atoms with E-state index in [4.69, 9.17) is 18.5 Å². The predicted molar refractivity (Wildman–Crippen MR) is 250 cm³/mol. The van der Waals surface area contributed by atoms with Gasteiger partial charge in [-0.15, -0.1) is 0 Å². The number of rotatable bonds is 46. The molecule has 0 N–H and O–H groups in total. The lowest BCUT2D eigenvalue weighted by Gasteiger charge is -2.28. The van der Waals surface area contributed by atoms with Gasteiger partial charge >= 0.3 is 11.9 Å². The first kappa shape index (κ1) is 58.5. The highest BCUT2D eigenvalue weighted by Gasteiger charge is 2.21. The molecule has 0 aromatic rings. The molecule has 0 fully saturated rings. The molecule has 0 radical (unpaired) electrons. The number of hydrogen-bond donors (Lipinski definition) is 0. The third kappa shape index (κ3) is 46.0. The lowest BCUT2D eigenvalue weighted by molar-refractivity contribution is -0.870. The number of hydrogen-bond acceptors (Lipinski definition) is 8. The largest absolute Gasteiger partial charge is 0.756 e. The number of nitrogens with zero attached hydrogens (tertiary/aromatic N) is 1. The normalized spacial score (nSPS) is 13.6. The maximum atomic E-state index is 12.7. The van der Waals surface area contributed by atoms with Crippen LogP contribution in [0.15, 0.2) is 24.3 Å². The zero-order valence-corrected chi connectivity index (χ0v) is 40.8. The number of phosphoric acid groups is 1. The van der Waals surface area contributed by atoms with E-state index >= 15 is 0 Å². The Hall–Kier alpha value is -1.51. The highest BCUT2D eigenvalue weighted by atomic mass is 31.2. The van der Waals surface area contributed by atoms with Crippen molar-refractivity contribution in [1.82, 2.24) is 0 Å². The number of likely N-dealkylation sites (N-methyl/N-ethyl adjacent to an activating group) is 1. The predicted octanol–water partition coefficient (Wildman–Crippen LogP) is 14.1. The fourth-order valence-electron chi connectivity index (χ4n) is 7.04. The zero-order valence-electron chi connectivity index (χ0n) is 39.9. The van der Waals surface area contributed by atoms with Crippen LogP contribution in [0.1, 0.15) is 232 Å². The van der Waals surface area contributed by atoms with Crippen molar-refractivity contribution in [3.8, 4) is 0 Å². The van der Waals surface area contributed by atoms with Gasteiger partial charge in [-0.1, -0.05) is 199 Å². The summed E-state index contributed by atoms with van der Waals surface area (Å²) >= 11 is 0. The van der Waals surface area contributed by atoms with E-state index in [0.717, 1.165) is 51.4 Å². The van der Waals surface area contributed by atoms with Crippen LogP contribution in [0.2, 0.25) is 0 Å². The van der Waals surface area contributed by atoms with Gasteiger partial charge in [-0.2, -0.15) is 0 Å². The van der Waals surface area contributed by atoms with Gasteiger partial charge in [0.25, 0.3) is 7.82 Å². The maximum Gasteiger partial charge on any atom is 0.306 e. The molecule has 0 amide bonds. The monoisotopic (exact) mass is 870 g/mol. The maximum absolute atomic E-state index is 12.7. The smallest absolute Gasteiger partial charge is 0.306 e. The molecule has 60 heavy (non-hydrogen) atoms. The van der Waals surface area contributed by atoms with E-state index in [1.54, 1.807) is 0 Å². The molecule has 0 aromatic carbocycles. The minimum Gasteiger partial charge on any atom is -0.756 e. The van der Waals surface area contributed by atoms with Crippen molar-refractivity contribution in [3.63, 3.8) is 0 Å². The highest BCUT2D eigenvalue weighted by Crippen LogP contribution is 2.38. The second kappa shape index (κ2) is 42.8. The summed E-state index contributed by atoms with van der Waals surface area (Å²) in [5.74, 6) is -0.827. The molecule has 0 aliphatic rings. The van der Waals surface area contributed by atoms with Crippen molar-refractivity contribution in [1.29, 1.82) is 0 Å². The van der Waals surface area contributed by atoms with Gasteiger partial charge in [0.15, 0.2) is 6.10 Å². The van der Waals surface area contributed by atoms with Gasteiger partial charge in [0.1, 0.15) is 19.8 Å². The number of ether oxygens (including phenoxy) is 2. The molecule has 2 atom stereocenters. The third-order valence-corrected chi connectivity index (χ3v) is 11.9.